The third-order valence-corrected chi connectivity index (χ3v) is 4.73. The van der Waals surface area contributed by atoms with E-state index in [0.29, 0.717) is 5.82 Å². The summed E-state index contributed by atoms with van der Waals surface area (Å²) in [6, 6.07) is 8.63. The predicted octanol–water partition coefficient (Wildman–Crippen LogP) is 3.04. The zero-order chi connectivity index (χ0) is 18.0. The molecule has 0 radical (unpaired) electrons. The van der Waals surface area contributed by atoms with E-state index in [1.165, 1.54) is 0 Å². The Hall–Kier alpha value is -1.99. The minimum Gasteiger partial charge on any atom is -0.368 e. The molecule has 0 aliphatic rings. The Bertz CT molecular complexity index is 794. The molecule has 2 aromatic rings. The van der Waals surface area contributed by atoms with Gasteiger partial charge >= 0.3 is 0 Å². The number of hydrogen-bond donors (Lipinski definition) is 2. The van der Waals surface area contributed by atoms with Crippen molar-refractivity contribution in [2.24, 2.45) is 0 Å². The summed E-state index contributed by atoms with van der Waals surface area (Å²) in [5.41, 5.74) is 0.231. The van der Waals surface area contributed by atoms with Crippen molar-refractivity contribution in [1.82, 2.24) is 14.7 Å². The van der Waals surface area contributed by atoms with Gasteiger partial charge in [0.2, 0.25) is 10.0 Å². The van der Waals surface area contributed by atoms with Gasteiger partial charge in [-0.2, -0.15) is 0 Å². The van der Waals surface area contributed by atoms with Crippen LogP contribution >= 0.6 is 0 Å². The predicted molar refractivity (Wildman–Crippen MR) is 96.3 cm³/mol. The topological polar surface area (TPSA) is 84.0 Å². The van der Waals surface area contributed by atoms with E-state index in [2.05, 4.69) is 20.0 Å². The van der Waals surface area contributed by atoms with E-state index < -0.39 is 15.6 Å². The summed E-state index contributed by atoms with van der Waals surface area (Å²) in [6.45, 7) is 9.48. The van der Waals surface area contributed by atoms with Gasteiger partial charge in [-0.15, -0.1) is 0 Å². The van der Waals surface area contributed by atoms with E-state index in [9.17, 15) is 8.42 Å². The summed E-state index contributed by atoms with van der Waals surface area (Å²) < 4.78 is 27.3. The number of sulfonamides is 1. The van der Waals surface area contributed by atoms with Crippen molar-refractivity contribution in [3.8, 4) is 11.4 Å². The van der Waals surface area contributed by atoms with E-state index in [1.54, 1.807) is 57.3 Å². The van der Waals surface area contributed by atoms with E-state index in [0.717, 1.165) is 11.4 Å². The first kappa shape index (κ1) is 18.4. The third kappa shape index (κ3) is 5.01. The normalized spacial score (nSPS) is 12.4. The van der Waals surface area contributed by atoms with Gasteiger partial charge in [-0.05, 0) is 65.0 Å². The summed E-state index contributed by atoms with van der Waals surface area (Å²) >= 11 is 0. The van der Waals surface area contributed by atoms with Crippen LogP contribution in [0.15, 0.2) is 41.4 Å². The zero-order valence-corrected chi connectivity index (χ0v) is 15.5. The highest BCUT2D eigenvalue weighted by Gasteiger charge is 2.21. The number of nitrogens with one attached hydrogen (secondary N) is 2. The fourth-order valence-corrected chi connectivity index (χ4v) is 3.54. The average Bonchev–Trinajstić information content (AvgIpc) is 2.44. The van der Waals surface area contributed by atoms with Crippen molar-refractivity contribution < 1.29 is 8.42 Å². The molecule has 0 saturated carbocycles. The highest BCUT2D eigenvalue weighted by atomic mass is 32.2. The fourth-order valence-electron chi connectivity index (χ4n) is 2.12. The average molecular weight is 348 g/mol. The molecular formula is C17H24N4O2S. The molecular weight excluding hydrogens is 324 g/mol. The summed E-state index contributed by atoms with van der Waals surface area (Å²) in [5.74, 6) is 1.29. The van der Waals surface area contributed by atoms with Crippen LogP contribution < -0.4 is 10.0 Å². The van der Waals surface area contributed by atoms with Crippen LogP contribution in [0.1, 0.15) is 34.6 Å². The second kappa shape index (κ2) is 6.86. The van der Waals surface area contributed by atoms with Crippen LogP contribution in [0.4, 0.5) is 5.82 Å². The van der Waals surface area contributed by atoms with Crippen molar-refractivity contribution in [1.29, 1.82) is 0 Å². The van der Waals surface area contributed by atoms with Gasteiger partial charge in [0.1, 0.15) is 5.82 Å². The molecule has 0 bridgehead atoms. The second-order valence-electron chi connectivity index (χ2n) is 6.94. The molecule has 24 heavy (non-hydrogen) atoms. The van der Waals surface area contributed by atoms with Crippen LogP contribution in [0, 0.1) is 0 Å². The lowest BCUT2D eigenvalue weighted by Gasteiger charge is -2.20. The second-order valence-corrected chi connectivity index (χ2v) is 8.63. The first-order chi connectivity index (χ1) is 11.1. The Morgan fingerprint density at radius 2 is 1.67 bits per heavy atom. The molecule has 1 aromatic carbocycles. The smallest absolute Gasteiger partial charge is 0.241 e. The number of hydrogen-bond acceptors (Lipinski definition) is 5. The van der Waals surface area contributed by atoms with Gasteiger partial charge < -0.3 is 5.32 Å². The minimum atomic E-state index is -3.54. The maximum atomic E-state index is 12.3. The molecule has 1 aromatic heterocycles. The molecule has 0 saturated heterocycles. The Morgan fingerprint density at radius 3 is 2.21 bits per heavy atom. The molecule has 0 unspecified atom stereocenters. The van der Waals surface area contributed by atoms with Gasteiger partial charge in [-0.1, -0.05) is 0 Å². The molecule has 6 nitrogen and oxygen atoms in total. The van der Waals surface area contributed by atoms with E-state index in [1.807, 2.05) is 13.8 Å². The van der Waals surface area contributed by atoms with E-state index in [-0.39, 0.29) is 10.9 Å². The molecule has 0 aliphatic carbocycles. The Balaban J connectivity index is 2.27. The quantitative estimate of drug-likeness (QED) is 0.867. The molecule has 2 N–H and O–H groups in total. The molecule has 1 heterocycles. The van der Waals surface area contributed by atoms with E-state index in [4.69, 9.17) is 0 Å². The van der Waals surface area contributed by atoms with Gasteiger partial charge in [0.25, 0.3) is 0 Å². The largest absolute Gasteiger partial charge is 0.368 e. The van der Waals surface area contributed by atoms with Gasteiger partial charge in [-0.25, -0.2) is 23.1 Å². The van der Waals surface area contributed by atoms with Crippen LogP contribution in [0.2, 0.25) is 0 Å². The van der Waals surface area contributed by atoms with Gasteiger partial charge in [0.05, 0.1) is 4.90 Å². The van der Waals surface area contributed by atoms with Crippen LogP contribution in [-0.2, 0) is 10.0 Å². The Morgan fingerprint density at radius 1 is 1.04 bits per heavy atom. The Labute approximate surface area is 143 Å². The summed E-state index contributed by atoms with van der Waals surface area (Å²) in [7, 11) is -3.54. The number of benzene rings is 1. The van der Waals surface area contributed by atoms with Crippen molar-refractivity contribution >= 4 is 15.8 Å². The zero-order valence-electron chi connectivity index (χ0n) is 14.7. The molecule has 130 valence electrons. The lowest BCUT2D eigenvalue weighted by Crippen LogP contribution is -2.40. The van der Waals surface area contributed by atoms with Gasteiger partial charge in [0.15, 0.2) is 5.82 Å². The maximum Gasteiger partial charge on any atom is 0.241 e. The fraction of sp³-hybridized carbons (Fsp3) is 0.412. The number of nitrogens with zero attached hydrogens (tertiary/aromatic N) is 2. The molecule has 0 spiro atoms. The lowest BCUT2D eigenvalue weighted by atomic mass is 10.1. The molecule has 2 rings (SSSR count). The van der Waals surface area contributed by atoms with Gasteiger partial charge in [-0.3, -0.25) is 0 Å². The van der Waals surface area contributed by atoms with Crippen LogP contribution in [0.3, 0.4) is 0 Å². The summed E-state index contributed by atoms with van der Waals surface area (Å²) in [6.07, 6.45) is 1.68. The first-order valence-corrected chi connectivity index (χ1v) is 9.29. The third-order valence-electron chi connectivity index (χ3n) is 2.96. The van der Waals surface area contributed by atoms with Crippen molar-refractivity contribution in [2.45, 2.75) is 51.1 Å². The van der Waals surface area contributed by atoms with Gasteiger partial charge in [0, 0.05) is 23.3 Å². The number of anilines is 1. The highest BCUT2D eigenvalue weighted by Crippen LogP contribution is 2.20. The standard InChI is InChI=1S/C17H24N4O2S/c1-12(2)19-15-10-11-18-16(20-15)13-6-8-14(9-7-13)24(22,23)21-17(3,4)5/h6-12,21H,1-5H3,(H,18,19,20). The van der Waals surface area contributed by atoms with Crippen LogP contribution in [0.5, 0.6) is 0 Å². The summed E-state index contributed by atoms with van der Waals surface area (Å²) in [4.78, 5) is 8.92. The number of aromatic nitrogens is 2. The molecule has 0 aliphatic heterocycles. The van der Waals surface area contributed by atoms with Crippen LogP contribution in [0.25, 0.3) is 11.4 Å². The Kier molecular flexibility index (Phi) is 5.25. The first-order valence-electron chi connectivity index (χ1n) is 7.81. The highest BCUT2D eigenvalue weighted by molar-refractivity contribution is 7.89. The van der Waals surface area contributed by atoms with E-state index >= 15 is 0 Å². The molecule has 0 fully saturated rings. The van der Waals surface area contributed by atoms with Crippen molar-refractivity contribution in [3.05, 3.63) is 36.5 Å². The molecule has 0 atom stereocenters. The van der Waals surface area contributed by atoms with Crippen molar-refractivity contribution in [3.63, 3.8) is 0 Å². The molecule has 7 heteroatoms. The number of rotatable bonds is 5. The molecule has 0 amide bonds. The summed E-state index contributed by atoms with van der Waals surface area (Å²) in [5, 5.41) is 3.22. The minimum absolute atomic E-state index is 0.220. The monoisotopic (exact) mass is 348 g/mol. The maximum absolute atomic E-state index is 12.3. The SMILES string of the molecule is CC(C)Nc1ccnc(-c2ccc(S(=O)(=O)NC(C)(C)C)cc2)n1. The van der Waals surface area contributed by atoms with Crippen molar-refractivity contribution in [2.75, 3.05) is 5.32 Å². The van der Waals surface area contributed by atoms with Crippen LogP contribution in [-0.4, -0.2) is 30.0 Å². The lowest BCUT2D eigenvalue weighted by molar-refractivity contribution is 0.491.